The van der Waals surface area contributed by atoms with Crippen molar-refractivity contribution in [2.45, 2.75) is 25.9 Å². The topological polar surface area (TPSA) is 43.8 Å². The van der Waals surface area contributed by atoms with E-state index in [2.05, 4.69) is 4.98 Å². The first-order chi connectivity index (χ1) is 8.70. The van der Waals surface area contributed by atoms with Gasteiger partial charge in [0.25, 0.3) is 0 Å². The number of imidazole rings is 1. The van der Waals surface area contributed by atoms with Crippen LogP contribution in [0.4, 0.5) is 8.78 Å². The molecule has 3 nitrogen and oxygen atoms in total. The summed E-state index contributed by atoms with van der Waals surface area (Å²) in [6, 6.07) is 3.58. The molecular weight excluding hydrogens is 236 g/mol. The summed E-state index contributed by atoms with van der Waals surface area (Å²) in [5.74, 6) is -0.390. The molecule has 0 bridgehead atoms. The van der Waals surface area contributed by atoms with Gasteiger partial charge in [0.1, 0.15) is 17.5 Å². The van der Waals surface area contributed by atoms with Crippen LogP contribution in [0.5, 0.6) is 0 Å². The Kier molecular flexibility index (Phi) is 2.63. The first kappa shape index (κ1) is 11.3. The molecule has 0 spiro atoms. The number of nitrogens with two attached hydrogens (primary N) is 1. The van der Waals surface area contributed by atoms with Crippen LogP contribution < -0.4 is 5.73 Å². The molecular formula is C13H13F2N3. The van der Waals surface area contributed by atoms with Gasteiger partial charge >= 0.3 is 0 Å². The monoisotopic (exact) mass is 249 g/mol. The fraction of sp³-hybridized carbons (Fsp3) is 0.308. The highest BCUT2D eigenvalue weighted by Crippen LogP contribution is 2.31. The lowest BCUT2D eigenvalue weighted by Gasteiger charge is -2.02. The number of hydrogen-bond donors (Lipinski definition) is 1. The van der Waals surface area contributed by atoms with E-state index in [0.29, 0.717) is 17.8 Å². The number of aromatic nitrogens is 2. The van der Waals surface area contributed by atoms with Gasteiger partial charge in [-0.05, 0) is 25.0 Å². The van der Waals surface area contributed by atoms with Crippen molar-refractivity contribution in [1.29, 1.82) is 0 Å². The Balaban J connectivity index is 2.17. The second-order valence-corrected chi connectivity index (χ2v) is 4.41. The minimum absolute atomic E-state index is 0.329. The molecule has 1 aromatic heterocycles. The number of benzene rings is 1. The van der Waals surface area contributed by atoms with Crippen molar-refractivity contribution in [1.82, 2.24) is 9.55 Å². The lowest BCUT2D eigenvalue weighted by Crippen LogP contribution is -2.06. The Morgan fingerprint density at radius 3 is 2.89 bits per heavy atom. The maximum absolute atomic E-state index is 13.8. The quantitative estimate of drug-likeness (QED) is 0.887. The average molecular weight is 249 g/mol. The second-order valence-electron chi connectivity index (χ2n) is 4.41. The van der Waals surface area contributed by atoms with E-state index in [0.717, 1.165) is 37.0 Å². The molecule has 0 amide bonds. The van der Waals surface area contributed by atoms with Gasteiger partial charge in [-0.15, -0.1) is 0 Å². The van der Waals surface area contributed by atoms with Crippen molar-refractivity contribution in [3.8, 4) is 11.3 Å². The molecule has 5 heteroatoms. The Labute approximate surface area is 103 Å². The van der Waals surface area contributed by atoms with Crippen LogP contribution in [0.25, 0.3) is 11.3 Å². The number of rotatable bonds is 2. The van der Waals surface area contributed by atoms with E-state index in [1.165, 1.54) is 12.1 Å². The summed E-state index contributed by atoms with van der Waals surface area (Å²) in [4.78, 5) is 4.39. The molecule has 2 aromatic rings. The van der Waals surface area contributed by atoms with Gasteiger partial charge in [-0.1, -0.05) is 0 Å². The summed E-state index contributed by atoms with van der Waals surface area (Å²) < 4.78 is 28.8. The average Bonchev–Trinajstić information content (AvgIpc) is 2.91. The first-order valence-electron chi connectivity index (χ1n) is 5.94. The van der Waals surface area contributed by atoms with Crippen molar-refractivity contribution >= 4 is 0 Å². The van der Waals surface area contributed by atoms with Crippen molar-refractivity contribution in [3.05, 3.63) is 41.4 Å². The third-order valence-electron chi connectivity index (χ3n) is 3.32. The largest absolute Gasteiger partial charge is 0.330 e. The molecule has 18 heavy (non-hydrogen) atoms. The zero-order chi connectivity index (χ0) is 12.7. The lowest BCUT2D eigenvalue weighted by molar-refractivity contribution is 0.585. The molecule has 0 saturated carbocycles. The molecule has 3 rings (SSSR count). The van der Waals surface area contributed by atoms with E-state index in [9.17, 15) is 8.78 Å². The Hall–Kier alpha value is -1.75. The summed E-state index contributed by atoms with van der Waals surface area (Å²) in [6.07, 6.45) is 1.87. The van der Waals surface area contributed by atoms with Gasteiger partial charge in [-0.2, -0.15) is 0 Å². The summed E-state index contributed by atoms with van der Waals surface area (Å²) in [7, 11) is 0. The maximum Gasteiger partial charge on any atom is 0.135 e. The Morgan fingerprint density at radius 2 is 2.17 bits per heavy atom. The number of halogens is 2. The van der Waals surface area contributed by atoms with E-state index in [1.54, 1.807) is 0 Å². The molecule has 0 fully saturated rings. The molecule has 1 aliphatic rings. The Morgan fingerprint density at radius 1 is 1.33 bits per heavy atom. The predicted molar refractivity (Wildman–Crippen MR) is 63.8 cm³/mol. The maximum atomic E-state index is 13.8. The normalized spacial score (nSPS) is 13.9. The smallest absolute Gasteiger partial charge is 0.135 e. The minimum Gasteiger partial charge on any atom is -0.330 e. The molecule has 0 atom stereocenters. The van der Waals surface area contributed by atoms with Gasteiger partial charge in [0.05, 0.1) is 12.2 Å². The lowest BCUT2D eigenvalue weighted by atomic mass is 10.1. The van der Waals surface area contributed by atoms with Crippen LogP contribution in [0.2, 0.25) is 0 Å². The second kappa shape index (κ2) is 4.17. The van der Waals surface area contributed by atoms with Crippen LogP contribution in [-0.2, 0) is 19.5 Å². The highest BCUT2D eigenvalue weighted by Gasteiger charge is 2.23. The number of nitrogens with zero attached hydrogens (tertiary/aromatic N) is 2. The van der Waals surface area contributed by atoms with E-state index >= 15 is 0 Å². The summed E-state index contributed by atoms with van der Waals surface area (Å²) in [5.41, 5.74) is 7.59. The zero-order valence-electron chi connectivity index (χ0n) is 9.79. The van der Waals surface area contributed by atoms with Crippen molar-refractivity contribution in [2.75, 3.05) is 0 Å². The first-order valence-corrected chi connectivity index (χ1v) is 5.94. The molecule has 2 N–H and O–H groups in total. The van der Waals surface area contributed by atoms with Gasteiger partial charge < -0.3 is 10.3 Å². The van der Waals surface area contributed by atoms with Gasteiger partial charge in [-0.25, -0.2) is 13.8 Å². The van der Waals surface area contributed by atoms with Crippen LogP contribution in [0.15, 0.2) is 18.2 Å². The highest BCUT2D eigenvalue weighted by molar-refractivity contribution is 5.63. The zero-order valence-corrected chi connectivity index (χ0v) is 9.79. The fourth-order valence-corrected chi connectivity index (χ4v) is 2.51. The van der Waals surface area contributed by atoms with Crippen LogP contribution in [0, 0.1) is 11.6 Å². The van der Waals surface area contributed by atoms with Crippen LogP contribution in [0.3, 0.4) is 0 Å². The molecule has 1 aromatic carbocycles. The van der Waals surface area contributed by atoms with Crippen LogP contribution in [-0.4, -0.2) is 9.55 Å². The predicted octanol–water partition coefficient (Wildman–Crippen LogP) is 2.23. The van der Waals surface area contributed by atoms with Crippen LogP contribution >= 0.6 is 0 Å². The van der Waals surface area contributed by atoms with E-state index < -0.39 is 11.6 Å². The molecule has 0 aliphatic carbocycles. The van der Waals surface area contributed by atoms with Gasteiger partial charge in [0.2, 0.25) is 0 Å². The fourth-order valence-electron chi connectivity index (χ4n) is 2.51. The van der Waals surface area contributed by atoms with Crippen molar-refractivity contribution in [3.63, 3.8) is 0 Å². The van der Waals surface area contributed by atoms with Crippen molar-refractivity contribution in [2.24, 2.45) is 5.73 Å². The van der Waals surface area contributed by atoms with Crippen molar-refractivity contribution < 1.29 is 8.78 Å². The van der Waals surface area contributed by atoms with E-state index in [-0.39, 0.29) is 0 Å². The van der Waals surface area contributed by atoms with Gasteiger partial charge in [0, 0.05) is 23.9 Å². The summed E-state index contributed by atoms with van der Waals surface area (Å²) in [5, 5.41) is 0. The number of hydrogen-bond acceptors (Lipinski definition) is 2. The molecule has 0 radical (unpaired) electrons. The third kappa shape index (κ3) is 1.62. The van der Waals surface area contributed by atoms with E-state index in [1.807, 2.05) is 4.57 Å². The SMILES string of the molecule is NCc1nc(-c2ccc(F)cc2F)c2n1CCC2. The molecule has 0 unspecified atom stereocenters. The van der Waals surface area contributed by atoms with Crippen LogP contribution in [0.1, 0.15) is 17.9 Å². The standard InChI is InChI=1S/C13H13F2N3/c14-8-3-4-9(10(15)6-8)13-11-2-1-5-18(11)12(7-16)17-13/h3-4,6H,1-2,5,7,16H2. The number of fused-ring (bicyclic) bond motifs is 1. The summed E-state index contributed by atoms with van der Waals surface area (Å²) >= 11 is 0. The summed E-state index contributed by atoms with van der Waals surface area (Å²) in [6.45, 7) is 1.20. The van der Waals surface area contributed by atoms with E-state index in [4.69, 9.17) is 5.73 Å². The highest BCUT2D eigenvalue weighted by atomic mass is 19.1. The van der Waals surface area contributed by atoms with Gasteiger partial charge in [0.15, 0.2) is 0 Å². The molecule has 1 aliphatic heterocycles. The third-order valence-corrected chi connectivity index (χ3v) is 3.32. The Bertz CT molecular complexity index is 605. The molecule has 94 valence electrons. The minimum atomic E-state index is -0.578. The molecule has 2 heterocycles. The van der Waals surface area contributed by atoms with Gasteiger partial charge in [-0.3, -0.25) is 0 Å². The molecule has 0 saturated heterocycles.